The van der Waals surface area contributed by atoms with E-state index in [1.807, 2.05) is 12.1 Å². The van der Waals surface area contributed by atoms with Crippen LogP contribution in [-0.4, -0.2) is 36.9 Å². The molecule has 0 radical (unpaired) electrons. The third-order valence-corrected chi connectivity index (χ3v) is 4.93. The van der Waals surface area contributed by atoms with Gasteiger partial charge in [0.2, 0.25) is 0 Å². The van der Waals surface area contributed by atoms with Crippen LogP contribution in [0.3, 0.4) is 0 Å². The standard InChI is InChI=1S/C21H15ClFN7O/c1-31-15-9-18-21(26-10-15)17(4-5-24-18)25-11-20-28-27-19-3-2-16(29-30(19)20)12-6-13(22)8-14(23)7-12/h2-10H,11H2,1H3,(H,24,25). The molecular weight excluding hydrogens is 421 g/mol. The Labute approximate surface area is 180 Å². The molecule has 0 atom stereocenters. The van der Waals surface area contributed by atoms with Gasteiger partial charge in [-0.1, -0.05) is 11.6 Å². The van der Waals surface area contributed by atoms with E-state index < -0.39 is 5.82 Å². The van der Waals surface area contributed by atoms with Crippen LogP contribution in [0.25, 0.3) is 27.9 Å². The van der Waals surface area contributed by atoms with Crippen molar-refractivity contribution in [1.82, 2.24) is 29.8 Å². The van der Waals surface area contributed by atoms with Crippen molar-refractivity contribution in [3.63, 3.8) is 0 Å². The van der Waals surface area contributed by atoms with Crippen LogP contribution in [0.15, 0.2) is 54.9 Å². The summed E-state index contributed by atoms with van der Waals surface area (Å²) in [6.07, 6.45) is 3.33. The van der Waals surface area contributed by atoms with E-state index in [4.69, 9.17) is 16.3 Å². The molecule has 4 aromatic heterocycles. The van der Waals surface area contributed by atoms with Crippen molar-refractivity contribution in [2.75, 3.05) is 12.4 Å². The van der Waals surface area contributed by atoms with E-state index in [9.17, 15) is 4.39 Å². The predicted molar refractivity (Wildman–Crippen MR) is 115 cm³/mol. The quantitative estimate of drug-likeness (QED) is 0.443. The average Bonchev–Trinajstić information content (AvgIpc) is 3.18. The molecule has 8 nitrogen and oxygen atoms in total. The summed E-state index contributed by atoms with van der Waals surface area (Å²) in [5.74, 6) is 0.788. The molecule has 0 saturated carbocycles. The highest BCUT2D eigenvalue weighted by atomic mass is 35.5. The number of methoxy groups -OCH3 is 1. The largest absolute Gasteiger partial charge is 0.495 e. The maximum Gasteiger partial charge on any atom is 0.178 e. The van der Waals surface area contributed by atoms with E-state index in [2.05, 4.69) is 30.6 Å². The maximum atomic E-state index is 13.8. The Bertz CT molecular complexity index is 1400. The maximum absolute atomic E-state index is 13.8. The lowest BCUT2D eigenvalue weighted by molar-refractivity contribution is 0.413. The van der Waals surface area contributed by atoms with E-state index in [1.54, 1.807) is 42.2 Å². The Hall–Kier alpha value is -3.85. The first-order valence-corrected chi connectivity index (χ1v) is 9.69. The van der Waals surface area contributed by atoms with Gasteiger partial charge in [-0.05, 0) is 36.4 Å². The van der Waals surface area contributed by atoms with E-state index in [1.165, 1.54) is 12.1 Å². The van der Waals surface area contributed by atoms with Crippen molar-refractivity contribution < 1.29 is 9.13 Å². The lowest BCUT2D eigenvalue weighted by Crippen LogP contribution is -2.07. The number of halogens is 2. The fourth-order valence-electron chi connectivity index (χ4n) is 3.24. The summed E-state index contributed by atoms with van der Waals surface area (Å²) in [5.41, 5.74) is 3.90. The zero-order valence-corrected chi connectivity index (χ0v) is 17.0. The Morgan fingerprint density at radius 3 is 2.84 bits per heavy atom. The van der Waals surface area contributed by atoms with Crippen LogP contribution in [0.4, 0.5) is 10.1 Å². The molecule has 0 saturated heterocycles. The highest BCUT2D eigenvalue weighted by Gasteiger charge is 2.11. The molecule has 0 fully saturated rings. The highest BCUT2D eigenvalue weighted by molar-refractivity contribution is 6.30. The van der Waals surface area contributed by atoms with Crippen LogP contribution >= 0.6 is 11.6 Å². The molecule has 0 bridgehead atoms. The minimum Gasteiger partial charge on any atom is -0.495 e. The van der Waals surface area contributed by atoms with Crippen molar-refractivity contribution in [3.05, 3.63) is 71.5 Å². The molecule has 1 N–H and O–H groups in total. The topological polar surface area (TPSA) is 90.1 Å². The lowest BCUT2D eigenvalue weighted by Gasteiger charge is -2.09. The van der Waals surface area contributed by atoms with Gasteiger partial charge in [-0.15, -0.1) is 10.2 Å². The van der Waals surface area contributed by atoms with Crippen molar-refractivity contribution in [2.24, 2.45) is 0 Å². The van der Waals surface area contributed by atoms with Gasteiger partial charge in [-0.2, -0.15) is 9.61 Å². The molecule has 0 aliphatic rings. The van der Waals surface area contributed by atoms with Crippen LogP contribution in [-0.2, 0) is 6.54 Å². The monoisotopic (exact) mass is 435 g/mol. The molecule has 4 heterocycles. The van der Waals surface area contributed by atoms with Gasteiger partial charge in [0, 0.05) is 22.8 Å². The van der Waals surface area contributed by atoms with Crippen molar-refractivity contribution in [2.45, 2.75) is 6.54 Å². The number of hydrogen-bond acceptors (Lipinski definition) is 7. The number of anilines is 1. The van der Waals surface area contributed by atoms with Crippen LogP contribution in [0.1, 0.15) is 5.82 Å². The molecule has 0 aliphatic heterocycles. The fourth-order valence-corrected chi connectivity index (χ4v) is 3.46. The van der Waals surface area contributed by atoms with E-state index >= 15 is 0 Å². The minimum atomic E-state index is -0.427. The second-order valence-electron chi connectivity index (χ2n) is 6.72. The van der Waals surface area contributed by atoms with Crippen LogP contribution in [0.5, 0.6) is 5.75 Å². The molecule has 1 aromatic carbocycles. The molecule has 0 spiro atoms. The molecule has 0 unspecified atom stereocenters. The number of aromatic nitrogens is 6. The minimum absolute atomic E-state index is 0.302. The Kier molecular flexibility index (Phi) is 4.79. The SMILES string of the molecule is COc1cnc2c(NCc3nnc4ccc(-c5cc(F)cc(Cl)c5)nn34)ccnc2c1. The molecule has 154 valence electrons. The molecule has 10 heteroatoms. The first-order chi connectivity index (χ1) is 15.1. The van der Waals surface area contributed by atoms with Crippen LogP contribution in [0.2, 0.25) is 5.02 Å². The van der Waals surface area contributed by atoms with E-state index in [0.717, 1.165) is 5.69 Å². The lowest BCUT2D eigenvalue weighted by atomic mass is 10.1. The zero-order chi connectivity index (χ0) is 21.4. The molecular formula is C21H15ClFN7O. The first-order valence-electron chi connectivity index (χ1n) is 9.31. The number of nitrogens with one attached hydrogen (secondary N) is 1. The predicted octanol–water partition coefficient (Wildman–Crippen LogP) is 4.15. The third-order valence-electron chi connectivity index (χ3n) is 4.71. The average molecular weight is 436 g/mol. The van der Waals surface area contributed by atoms with Gasteiger partial charge in [0.1, 0.15) is 17.1 Å². The number of nitrogens with zero attached hydrogens (tertiary/aromatic N) is 6. The smallest absolute Gasteiger partial charge is 0.178 e. The van der Waals surface area contributed by atoms with Gasteiger partial charge in [0.05, 0.1) is 36.7 Å². The summed E-state index contributed by atoms with van der Waals surface area (Å²) in [4.78, 5) is 8.76. The van der Waals surface area contributed by atoms with Gasteiger partial charge in [-0.25, -0.2) is 9.37 Å². The van der Waals surface area contributed by atoms with Gasteiger partial charge >= 0.3 is 0 Å². The fraction of sp³-hybridized carbons (Fsp3) is 0.0952. The number of rotatable bonds is 5. The Morgan fingerprint density at radius 2 is 2.00 bits per heavy atom. The van der Waals surface area contributed by atoms with Gasteiger partial charge in [0.25, 0.3) is 0 Å². The Balaban J connectivity index is 1.47. The third kappa shape index (κ3) is 3.71. The van der Waals surface area contributed by atoms with E-state index in [0.29, 0.717) is 51.1 Å². The zero-order valence-electron chi connectivity index (χ0n) is 16.3. The van der Waals surface area contributed by atoms with Crippen molar-refractivity contribution in [3.8, 4) is 17.0 Å². The summed E-state index contributed by atoms with van der Waals surface area (Å²) < 4.78 is 20.6. The first kappa shape index (κ1) is 19.1. The second kappa shape index (κ2) is 7.77. The highest BCUT2D eigenvalue weighted by Crippen LogP contribution is 2.25. The van der Waals surface area contributed by atoms with Crippen molar-refractivity contribution >= 4 is 34.0 Å². The molecule has 5 rings (SSSR count). The van der Waals surface area contributed by atoms with E-state index in [-0.39, 0.29) is 0 Å². The number of pyridine rings is 2. The molecule has 31 heavy (non-hydrogen) atoms. The summed E-state index contributed by atoms with van der Waals surface area (Å²) in [6, 6.07) is 11.5. The second-order valence-corrected chi connectivity index (χ2v) is 7.15. The van der Waals surface area contributed by atoms with Crippen molar-refractivity contribution in [1.29, 1.82) is 0 Å². The molecule has 0 aliphatic carbocycles. The van der Waals surface area contributed by atoms with Crippen LogP contribution in [0, 0.1) is 5.82 Å². The molecule has 5 aromatic rings. The van der Waals surface area contributed by atoms with Crippen LogP contribution < -0.4 is 10.1 Å². The van der Waals surface area contributed by atoms with Gasteiger partial charge in [0.15, 0.2) is 11.5 Å². The van der Waals surface area contributed by atoms with Gasteiger partial charge in [-0.3, -0.25) is 4.98 Å². The molecule has 0 amide bonds. The number of hydrogen-bond donors (Lipinski definition) is 1. The summed E-state index contributed by atoms with van der Waals surface area (Å²) in [7, 11) is 1.58. The number of fused-ring (bicyclic) bond motifs is 2. The summed E-state index contributed by atoms with van der Waals surface area (Å²) in [6.45, 7) is 0.342. The normalized spacial score (nSPS) is 11.2. The number of ether oxygens (including phenoxy) is 1. The number of benzene rings is 1. The summed E-state index contributed by atoms with van der Waals surface area (Å²) >= 11 is 5.98. The van der Waals surface area contributed by atoms with Gasteiger partial charge < -0.3 is 10.1 Å². The summed E-state index contributed by atoms with van der Waals surface area (Å²) in [5, 5.41) is 16.5. The Morgan fingerprint density at radius 1 is 1.10 bits per heavy atom.